The van der Waals surface area contributed by atoms with Crippen molar-refractivity contribution in [3.63, 3.8) is 0 Å². The molecule has 2 N–H and O–H groups in total. The molecule has 0 bridgehead atoms. The van der Waals surface area contributed by atoms with Crippen molar-refractivity contribution in [2.45, 2.75) is 0 Å². The van der Waals surface area contributed by atoms with Crippen LogP contribution in [-0.2, 0) is 10.0 Å². The van der Waals surface area contributed by atoms with Gasteiger partial charge in [-0.3, -0.25) is 10.1 Å². The highest BCUT2D eigenvalue weighted by atomic mass is 32.2. The van der Waals surface area contributed by atoms with Gasteiger partial charge in [0.15, 0.2) is 0 Å². The molecule has 0 saturated carbocycles. The maximum Gasteiger partial charge on any atom is 0.219 e. The fourth-order valence-electron chi connectivity index (χ4n) is 0.202. The monoisotopic (exact) mass is 154 g/mol. The Labute approximate surface area is 51.9 Å². The zero-order valence-electron chi connectivity index (χ0n) is 4.48. The van der Waals surface area contributed by atoms with Gasteiger partial charge in [0.25, 0.3) is 0 Å². The van der Waals surface area contributed by atoms with Gasteiger partial charge < -0.3 is 0 Å². The summed E-state index contributed by atoms with van der Waals surface area (Å²) < 4.78 is 20.0. The highest BCUT2D eigenvalue weighted by molar-refractivity contribution is 7.89. The second-order valence-electron chi connectivity index (χ2n) is 1.42. The van der Waals surface area contributed by atoms with E-state index < -0.39 is 27.2 Å². The molecule has 6 nitrogen and oxygen atoms in total. The van der Waals surface area contributed by atoms with E-state index in [4.69, 9.17) is 0 Å². The van der Waals surface area contributed by atoms with E-state index in [2.05, 4.69) is 5.14 Å². The quantitative estimate of drug-likeness (QED) is 0.396. The van der Waals surface area contributed by atoms with Gasteiger partial charge in [-0.05, 0) is 0 Å². The lowest BCUT2D eigenvalue weighted by Gasteiger charge is -1.89. The number of hydrogen-bond donors (Lipinski definition) is 1. The molecule has 7 heteroatoms. The first-order valence-corrected chi connectivity index (χ1v) is 3.75. The Bertz CT molecular complexity index is 195. The molecule has 0 aromatic rings. The average molecular weight is 154 g/mol. The van der Waals surface area contributed by atoms with E-state index >= 15 is 0 Å². The normalized spacial score (nSPS) is 11.2. The lowest BCUT2D eigenvalue weighted by atomic mass is 10.8. The molecule has 9 heavy (non-hydrogen) atoms. The van der Waals surface area contributed by atoms with Gasteiger partial charge in [-0.1, -0.05) is 0 Å². The molecular formula is C2H6N2O4S. The van der Waals surface area contributed by atoms with Crippen molar-refractivity contribution in [1.29, 1.82) is 0 Å². The van der Waals surface area contributed by atoms with E-state index in [0.717, 1.165) is 0 Å². The van der Waals surface area contributed by atoms with Crippen LogP contribution in [0, 0.1) is 10.1 Å². The van der Waals surface area contributed by atoms with Crippen LogP contribution in [0.25, 0.3) is 0 Å². The second kappa shape index (κ2) is 2.74. The fraction of sp³-hybridized carbons (Fsp3) is 1.00. The van der Waals surface area contributed by atoms with Crippen LogP contribution in [-0.4, -0.2) is 25.6 Å². The van der Waals surface area contributed by atoms with Gasteiger partial charge in [0.1, 0.15) is 5.75 Å². The van der Waals surface area contributed by atoms with Gasteiger partial charge >= 0.3 is 0 Å². The van der Waals surface area contributed by atoms with Crippen molar-refractivity contribution in [3.05, 3.63) is 10.1 Å². The number of sulfonamides is 1. The average Bonchev–Trinajstić information content (AvgIpc) is 1.59. The third-order valence-electron chi connectivity index (χ3n) is 0.558. The topological polar surface area (TPSA) is 103 Å². The Morgan fingerprint density at radius 2 is 2.00 bits per heavy atom. The first-order chi connectivity index (χ1) is 3.92. The molecule has 0 unspecified atom stereocenters. The lowest BCUT2D eigenvalue weighted by Crippen LogP contribution is -2.22. The predicted octanol–water partition coefficient (Wildman–Crippen LogP) is -1.45. The first kappa shape index (κ1) is 8.31. The minimum absolute atomic E-state index is 0.597. The van der Waals surface area contributed by atoms with Crippen molar-refractivity contribution in [1.82, 2.24) is 0 Å². The smallest absolute Gasteiger partial charge is 0.219 e. The standard InChI is InChI=1S/C2H6N2O4S/c3-9(7,8)2-1-4(5)6/h1-2H2,(H2,3,7,8). The van der Waals surface area contributed by atoms with Crippen molar-refractivity contribution in [2.75, 3.05) is 12.3 Å². The number of nitro groups is 1. The molecule has 0 aliphatic rings. The summed E-state index contributed by atoms with van der Waals surface area (Å²) in [7, 11) is -3.66. The summed E-state index contributed by atoms with van der Waals surface area (Å²) in [6, 6.07) is 0. The molecule has 0 radical (unpaired) electrons. The molecule has 0 spiro atoms. The van der Waals surface area contributed by atoms with Crippen LogP contribution in [0.1, 0.15) is 0 Å². The van der Waals surface area contributed by atoms with E-state index in [-0.39, 0.29) is 0 Å². The minimum Gasteiger partial charge on any atom is -0.265 e. The van der Waals surface area contributed by atoms with Crippen LogP contribution in [0.2, 0.25) is 0 Å². The van der Waals surface area contributed by atoms with Gasteiger partial charge in [0, 0.05) is 4.92 Å². The molecule has 0 heterocycles. The van der Waals surface area contributed by atoms with Crippen LogP contribution >= 0.6 is 0 Å². The Kier molecular flexibility index (Phi) is 2.53. The van der Waals surface area contributed by atoms with Crippen molar-refractivity contribution in [3.8, 4) is 0 Å². The van der Waals surface area contributed by atoms with Crippen LogP contribution in [0.5, 0.6) is 0 Å². The highest BCUT2D eigenvalue weighted by Gasteiger charge is 2.06. The number of nitrogens with zero attached hydrogens (tertiary/aromatic N) is 1. The zero-order valence-corrected chi connectivity index (χ0v) is 5.30. The number of hydrogen-bond acceptors (Lipinski definition) is 4. The van der Waals surface area contributed by atoms with Crippen molar-refractivity contribution >= 4 is 10.0 Å². The summed E-state index contributed by atoms with van der Waals surface area (Å²) in [4.78, 5) is 8.80. The van der Waals surface area contributed by atoms with Crippen LogP contribution < -0.4 is 5.14 Å². The molecule has 0 fully saturated rings. The molecule has 0 rings (SSSR count). The second-order valence-corrected chi connectivity index (χ2v) is 3.16. The van der Waals surface area contributed by atoms with Gasteiger partial charge in [-0.25, -0.2) is 13.6 Å². The zero-order chi connectivity index (χ0) is 7.49. The summed E-state index contributed by atoms with van der Waals surface area (Å²) in [5.41, 5.74) is 0. The van der Waals surface area contributed by atoms with E-state index in [1.807, 2.05) is 0 Å². The van der Waals surface area contributed by atoms with E-state index in [1.165, 1.54) is 0 Å². The SMILES string of the molecule is NS(=O)(=O)CC[N+](=O)[O-]. The number of nitrogens with two attached hydrogens (primary N) is 1. The Morgan fingerprint density at radius 1 is 1.56 bits per heavy atom. The molecule has 0 atom stereocenters. The maximum atomic E-state index is 10.0. The molecule has 0 amide bonds. The third kappa shape index (κ3) is 7.31. The fourth-order valence-corrected chi connectivity index (χ4v) is 0.605. The summed E-state index contributed by atoms with van der Waals surface area (Å²) in [6.45, 7) is -0.626. The van der Waals surface area contributed by atoms with Gasteiger partial charge in [-0.2, -0.15) is 0 Å². The predicted molar refractivity (Wildman–Crippen MR) is 29.8 cm³/mol. The van der Waals surface area contributed by atoms with E-state index in [9.17, 15) is 18.5 Å². The Balaban J connectivity index is 3.67. The third-order valence-corrected chi connectivity index (χ3v) is 1.31. The summed E-state index contributed by atoms with van der Waals surface area (Å²) in [5.74, 6) is -0.597. The van der Waals surface area contributed by atoms with Gasteiger partial charge in [-0.15, -0.1) is 0 Å². The van der Waals surface area contributed by atoms with Crippen LogP contribution in [0.4, 0.5) is 0 Å². The highest BCUT2D eigenvalue weighted by Crippen LogP contribution is 1.76. The van der Waals surface area contributed by atoms with Crippen molar-refractivity contribution < 1.29 is 13.3 Å². The molecule has 0 aliphatic carbocycles. The van der Waals surface area contributed by atoms with Gasteiger partial charge in [0.05, 0.1) is 0 Å². The number of primary sulfonamides is 1. The van der Waals surface area contributed by atoms with Crippen LogP contribution in [0.3, 0.4) is 0 Å². The largest absolute Gasteiger partial charge is 0.265 e. The number of rotatable bonds is 3. The molecule has 0 aromatic carbocycles. The first-order valence-electron chi connectivity index (χ1n) is 2.04. The van der Waals surface area contributed by atoms with Crippen molar-refractivity contribution in [2.24, 2.45) is 5.14 Å². The van der Waals surface area contributed by atoms with E-state index in [1.54, 1.807) is 0 Å². The summed E-state index contributed by atoms with van der Waals surface area (Å²) in [5, 5.41) is 14.0. The van der Waals surface area contributed by atoms with Crippen LogP contribution in [0.15, 0.2) is 0 Å². The van der Waals surface area contributed by atoms with Gasteiger partial charge in [0.2, 0.25) is 16.6 Å². The van der Waals surface area contributed by atoms with E-state index in [0.29, 0.717) is 0 Å². The lowest BCUT2D eigenvalue weighted by molar-refractivity contribution is -0.474. The Morgan fingerprint density at radius 3 is 2.11 bits per heavy atom. The summed E-state index contributed by atoms with van der Waals surface area (Å²) >= 11 is 0. The Hall–Kier alpha value is -0.690. The summed E-state index contributed by atoms with van der Waals surface area (Å²) in [6.07, 6.45) is 0. The molecular weight excluding hydrogens is 148 g/mol. The molecule has 0 aromatic heterocycles. The maximum absolute atomic E-state index is 10.0. The molecule has 0 saturated heterocycles. The molecule has 0 aliphatic heterocycles. The minimum atomic E-state index is -3.66. The molecule has 54 valence electrons.